The smallest absolute Gasteiger partial charge is 0.271 e. The molecule has 2 atom stereocenters. The van der Waals surface area contributed by atoms with E-state index < -0.39 is 0 Å². The first-order valence-electron chi connectivity index (χ1n) is 6.50. The molecular weight excluding hydrogens is 254 g/mol. The second kappa shape index (κ2) is 4.94. The third-order valence-electron chi connectivity index (χ3n) is 3.66. The number of fused-ring (bicyclic) bond motifs is 1. The van der Waals surface area contributed by atoms with Crippen LogP contribution in [0.1, 0.15) is 29.6 Å². The van der Waals surface area contributed by atoms with E-state index in [1.54, 1.807) is 12.1 Å². The monoisotopic (exact) mass is 269 g/mol. The summed E-state index contributed by atoms with van der Waals surface area (Å²) in [4.78, 5) is 10.4. The highest BCUT2D eigenvalue weighted by Crippen LogP contribution is 2.39. The average Bonchev–Trinajstić information content (AvgIpc) is 2.76. The van der Waals surface area contributed by atoms with Crippen molar-refractivity contribution in [1.29, 1.82) is 0 Å². The Kier molecular flexibility index (Phi) is 3.12. The first-order chi connectivity index (χ1) is 9.65. The molecular formula is C15H15N3O2. The molecule has 0 bridgehead atoms. The maximum absolute atomic E-state index is 10.8. The van der Waals surface area contributed by atoms with Gasteiger partial charge in [-0.1, -0.05) is 30.3 Å². The Labute approximate surface area is 116 Å². The molecule has 3 rings (SSSR count). The SMILES string of the molecule is NC1CC(Nc2cccc([N+](=O)[O-])c2)c2ccccc21. The van der Waals surface area contributed by atoms with Gasteiger partial charge in [0.05, 0.1) is 11.0 Å². The fourth-order valence-electron chi connectivity index (χ4n) is 2.72. The lowest BCUT2D eigenvalue weighted by Crippen LogP contribution is -2.10. The van der Waals surface area contributed by atoms with E-state index in [0.29, 0.717) is 0 Å². The van der Waals surface area contributed by atoms with Gasteiger partial charge in [-0.15, -0.1) is 0 Å². The number of hydrogen-bond acceptors (Lipinski definition) is 4. The first-order valence-corrected chi connectivity index (χ1v) is 6.50. The number of nitrogens with two attached hydrogens (primary N) is 1. The second-order valence-electron chi connectivity index (χ2n) is 4.98. The molecule has 1 aliphatic carbocycles. The summed E-state index contributed by atoms with van der Waals surface area (Å²) in [6.07, 6.45) is 0.794. The van der Waals surface area contributed by atoms with Crippen LogP contribution in [0.4, 0.5) is 11.4 Å². The van der Waals surface area contributed by atoms with E-state index >= 15 is 0 Å². The molecule has 0 saturated heterocycles. The van der Waals surface area contributed by atoms with Crippen molar-refractivity contribution >= 4 is 11.4 Å². The maximum Gasteiger partial charge on any atom is 0.271 e. The van der Waals surface area contributed by atoms with Gasteiger partial charge in [-0.2, -0.15) is 0 Å². The molecule has 0 spiro atoms. The van der Waals surface area contributed by atoms with Crippen LogP contribution in [0.25, 0.3) is 0 Å². The Hall–Kier alpha value is -2.40. The molecule has 0 amide bonds. The lowest BCUT2D eigenvalue weighted by molar-refractivity contribution is -0.384. The first kappa shape index (κ1) is 12.6. The van der Waals surface area contributed by atoms with Crippen molar-refractivity contribution in [2.24, 2.45) is 5.73 Å². The van der Waals surface area contributed by atoms with E-state index in [9.17, 15) is 10.1 Å². The number of nitrogens with one attached hydrogen (secondary N) is 1. The fourth-order valence-corrected chi connectivity index (χ4v) is 2.72. The van der Waals surface area contributed by atoms with E-state index in [4.69, 9.17) is 5.73 Å². The fraction of sp³-hybridized carbons (Fsp3) is 0.200. The maximum atomic E-state index is 10.8. The lowest BCUT2D eigenvalue weighted by Gasteiger charge is -2.15. The van der Waals surface area contributed by atoms with Crippen LogP contribution in [0.5, 0.6) is 0 Å². The number of nitro groups is 1. The van der Waals surface area contributed by atoms with Gasteiger partial charge >= 0.3 is 0 Å². The highest BCUT2D eigenvalue weighted by atomic mass is 16.6. The van der Waals surface area contributed by atoms with Gasteiger partial charge in [0.1, 0.15) is 0 Å². The summed E-state index contributed by atoms with van der Waals surface area (Å²) in [5.41, 5.74) is 9.27. The Bertz CT molecular complexity index is 657. The third-order valence-corrected chi connectivity index (χ3v) is 3.66. The average molecular weight is 269 g/mol. The van der Waals surface area contributed by atoms with Crippen molar-refractivity contribution in [2.45, 2.75) is 18.5 Å². The molecule has 102 valence electrons. The van der Waals surface area contributed by atoms with E-state index in [1.165, 1.54) is 11.6 Å². The van der Waals surface area contributed by atoms with Gasteiger partial charge in [0.2, 0.25) is 0 Å². The van der Waals surface area contributed by atoms with Crippen LogP contribution in [0, 0.1) is 10.1 Å². The molecule has 3 N–H and O–H groups in total. The second-order valence-corrected chi connectivity index (χ2v) is 4.98. The van der Waals surface area contributed by atoms with Gasteiger partial charge in [-0.3, -0.25) is 10.1 Å². The van der Waals surface area contributed by atoms with Gasteiger partial charge < -0.3 is 11.1 Å². The quantitative estimate of drug-likeness (QED) is 0.662. The van der Waals surface area contributed by atoms with Gasteiger partial charge in [-0.25, -0.2) is 0 Å². The summed E-state index contributed by atoms with van der Waals surface area (Å²) < 4.78 is 0. The molecule has 1 aliphatic rings. The summed E-state index contributed by atoms with van der Waals surface area (Å²) in [6.45, 7) is 0. The van der Waals surface area contributed by atoms with Crippen LogP contribution in [0.2, 0.25) is 0 Å². The van der Waals surface area contributed by atoms with Crippen LogP contribution in [0.3, 0.4) is 0 Å². The minimum absolute atomic E-state index is 0.0161. The van der Waals surface area contributed by atoms with E-state index in [0.717, 1.165) is 17.7 Å². The molecule has 0 aromatic heterocycles. The molecule has 0 aliphatic heterocycles. The van der Waals surface area contributed by atoms with Crippen molar-refractivity contribution in [3.8, 4) is 0 Å². The normalized spacial score (nSPS) is 20.4. The molecule has 2 aromatic carbocycles. The number of hydrogen-bond donors (Lipinski definition) is 2. The number of nitro benzene ring substituents is 1. The number of benzene rings is 2. The number of nitrogens with zero attached hydrogens (tertiary/aromatic N) is 1. The Morgan fingerprint density at radius 2 is 1.90 bits per heavy atom. The Morgan fingerprint density at radius 3 is 2.65 bits per heavy atom. The molecule has 0 saturated carbocycles. The molecule has 2 aromatic rings. The van der Waals surface area contributed by atoms with Crippen molar-refractivity contribution < 1.29 is 4.92 Å². The largest absolute Gasteiger partial charge is 0.378 e. The summed E-state index contributed by atoms with van der Waals surface area (Å²) in [6, 6.07) is 14.7. The summed E-state index contributed by atoms with van der Waals surface area (Å²) in [5, 5.41) is 14.1. The standard InChI is InChI=1S/C15H15N3O2/c16-14-9-15(13-7-2-1-6-12(13)14)17-10-4-3-5-11(8-10)18(19)20/h1-8,14-15,17H,9,16H2. The zero-order chi connectivity index (χ0) is 14.1. The highest BCUT2D eigenvalue weighted by molar-refractivity contribution is 5.54. The van der Waals surface area contributed by atoms with Crippen LogP contribution in [-0.4, -0.2) is 4.92 Å². The Morgan fingerprint density at radius 1 is 1.15 bits per heavy atom. The van der Waals surface area contributed by atoms with Crippen molar-refractivity contribution in [3.63, 3.8) is 0 Å². The predicted molar refractivity (Wildman–Crippen MR) is 77.4 cm³/mol. The number of non-ortho nitro benzene ring substituents is 1. The zero-order valence-corrected chi connectivity index (χ0v) is 10.8. The highest BCUT2D eigenvalue weighted by Gasteiger charge is 2.28. The summed E-state index contributed by atoms with van der Waals surface area (Å²) in [5.74, 6) is 0. The lowest BCUT2D eigenvalue weighted by atomic mass is 10.1. The molecule has 20 heavy (non-hydrogen) atoms. The van der Waals surface area contributed by atoms with Crippen LogP contribution >= 0.6 is 0 Å². The summed E-state index contributed by atoms with van der Waals surface area (Å²) in [7, 11) is 0. The van der Waals surface area contributed by atoms with Gasteiger partial charge in [0.15, 0.2) is 0 Å². The van der Waals surface area contributed by atoms with Crippen molar-refractivity contribution in [2.75, 3.05) is 5.32 Å². The minimum Gasteiger partial charge on any atom is -0.378 e. The van der Waals surface area contributed by atoms with E-state index in [1.807, 2.05) is 24.3 Å². The molecule has 0 fully saturated rings. The predicted octanol–water partition coefficient (Wildman–Crippen LogP) is 3.15. The van der Waals surface area contributed by atoms with Crippen LogP contribution in [-0.2, 0) is 0 Å². The van der Waals surface area contributed by atoms with Crippen molar-refractivity contribution in [1.82, 2.24) is 0 Å². The zero-order valence-electron chi connectivity index (χ0n) is 10.8. The summed E-state index contributed by atoms with van der Waals surface area (Å²) >= 11 is 0. The molecule has 2 unspecified atom stereocenters. The minimum atomic E-state index is -0.389. The molecule has 0 heterocycles. The van der Waals surface area contributed by atoms with Crippen LogP contribution in [0.15, 0.2) is 48.5 Å². The number of rotatable bonds is 3. The Balaban J connectivity index is 1.86. The van der Waals surface area contributed by atoms with Crippen molar-refractivity contribution in [3.05, 3.63) is 69.8 Å². The molecule has 5 nitrogen and oxygen atoms in total. The molecule has 5 heteroatoms. The topological polar surface area (TPSA) is 81.2 Å². The van der Waals surface area contributed by atoms with Gasteiger partial charge in [0.25, 0.3) is 5.69 Å². The molecule has 0 radical (unpaired) electrons. The van der Waals surface area contributed by atoms with Gasteiger partial charge in [-0.05, 0) is 23.6 Å². The van der Waals surface area contributed by atoms with Gasteiger partial charge in [0, 0.05) is 23.9 Å². The van der Waals surface area contributed by atoms with E-state index in [-0.39, 0.29) is 22.7 Å². The third kappa shape index (κ3) is 2.23. The van der Waals surface area contributed by atoms with Crippen LogP contribution < -0.4 is 11.1 Å². The number of anilines is 1. The van der Waals surface area contributed by atoms with E-state index in [2.05, 4.69) is 11.4 Å².